The Morgan fingerprint density at radius 2 is 1.92 bits per heavy atom. The number of methoxy groups -OCH3 is 1. The van der Waals surface area contributed by atoms with Crippen LogP contribution in [0, 0.1) is 3.57 Å². The molecule has 3 N–H and O–H groups in total. The second-order valence-corrected chi connectivity index (χ2v) is 9.52. The molecule has 2 aromatic rings. The Kier molecular flexibility index (Phi) is 10.7. The molecule has 1 amide bonds. The molecule has 0 aliphatic carbocycles. The molecule has 0 saturated carbocycles. The first-order valence-electron chi connectivity index (χ1n) is 11.8. The summed E-state index contributed by atoms with van der Waals surface area (Å²) in [5.41, 5.74) is 4.70. The number of benzene rings is 2. The van der Waals surface area contributed by atoms with Gasteiger partial charge in [-0.3, -0.25) is 4.79 Å². The van der Waals surface area contributed by atoms with Gasteiger partial charge in [0.25, 0.3) is 5.91 Å². The average molecular weight is 653 g/mol. The lowest BCUT2D eigenvalue weighted by atomic mass is 9.95. The topological polar surface area (TPSA) is 120 Å². The molecular formula is C26H29IN4O6S. The lowest BCUT2D eigenvalue weighted by Gasteiger charge is -2.30. The van der Waals surface area contributed by atoms with E-state index in [-0.39, 0.29) is 13.2 Å². The van der Waals surface area contributed by atoms with Crippen LogP contribution in [-0.4, -0.2) is 50.1 Å². The number of nitrogens with zero attached hydrogens (tertiary/aromatic N) is 1. The second-order valence-electron chi connectivity index (χ2n) is 7.87. The highest BCUT2D eigenvalue weighted by molar-refractivity contribution is 14.1. The third kappa shape index (κ3) is 7.34. The van der Waals surface area contributed by atoms with Crippen LogP contribution >= 0.6 is 34.8 Å². The first kappa shape index (κ1) is 29.2. The largest absolute Gasteiger partial charge is 0.493 e. The lowest BCUT2D eigenvalue weighted by molar-refractivity contribution is -0.139. The summed E-state index contributed by atoms with van der Waals surface area (Å²) in [5.74, 6) is 0.566. The molecule has 3 rings (SSSR count). The van der Waals surface area contributed by atoms with E-state index in [2.05, 4.69) is 43.8 Å². The van der Waals surface area contributed by atoms with Crippen LogP contribution in [0.5, 0.6) is 17.2 Å². The van der Waals surface area contributed by atoms with E-state index < -0.39 is 17.9 Å². The Morgan fingerprint density at radius 3 is 2.63 bits per heavy atom. The summed E-state index contributed by atoms with van der Waals surface area (Å²) in [6.45, 7) is 5.72. The van der Waals surface area contributed by atoms with E-state index in [0.29, 0.717) is 51.4 Å². The maximum Gasteiger partial charge on any atom is 0.338 e. The van der Waals surface area contributed by atoms with Crippen molar-refractivity contribution >= 4 is 58.0 Å². The zero-order valence-electron chi connectivity index (χ0n) is 21.4. The molecule has 0 fully saturated rings. The number of thiocarbonyl (C=S) groups is 1. The summed E-state index contributed by atoms with van der Waals surface area (Å²) in [4.78, 5) is 25.2. The van der Waals surface area contributed by atoms with Crippen LogP contribution in [0.1, 0.15) is 37.9 Å². The fourth-order valence-corrected chi connectivity index (χ4v) is 4.63. The molecule has 12 heteroatoms. The smallest absolute Gasteiger partial charge is 0.338 e. The maximum atomic E-state index is 12.7. The number of halogens is 1. The molecular weight excluding hydrogens is 623 g/mol. The van der Waals surface area contributed by atoms with Crippen LogP contribution in [0.15, 0.2) is 52.8 Å². The monoisotopic (exact) mass is 652 g/mol. The van der Waals surface area contributed by atoms with Crippen LogP contribution < -0.4 is 30.3 Å². The van der Waals surface area contributed by atoms with Gasteiger partial charge >= 0.3 is 5.97 Å². The Morgan fingerprint density at radius 1 is 1.16 bits per heavy atom. The predicted molar refractivity (Wildman–Crippen MR) is 155 cm³/mol. The highest BCUT2D eigenvalue weighted by Gasteiger charge is 2.32. The fourth-order valence-electron chi connectivity index (χ4n) is 3.74. The Labute approximate surface area is 240 Å². The number of para-hydroxylation sites is 1. The number of amides is 1. The number of rotatable bonds is 11. The van der Waals surface area contributed by atoms with E-state index in [1.54, 1.807) is 39.2 Å². The standard InChI is InChI=1S/C26H29IN4O6S/c1-5-35-24-16(11-17(27)12-20(24)34-4)13-28-31-21(32)14-37-19-10-8-7-9-18(19)23-22(25(33)36-6-2)15(3)29-26(38)30-23/h7-13,23H,5-6,14H2,1-4H3,(H,31,32)(H2,29,30,38)/t23-/m0/s1. The summed E-state index contributed by atoms with van der Waals surface area (Å²) in [6.07, 6.45) is 1.49. The van der Waals surface area contributed by atoms with E-state index in [1.165, 1.54) is 6.21 Å². The van der Waals surface area contributed by atoms with E-state index in [4.69, 9.17) is 31.2 Å². The molecule has 1 heterocycles. The zero-order valence-corrected chi connectivity index (χ0v) is 24.4. The van der Waals surface area contributed by atoms with E-state index in [0.717, 1.165) is 3.57 Å². The number of carbonyl (C=O) groups excluding carboxylic acids is 2. The maximum absolute atomic E-state index is 12.7. The van der Waals surface area contributed by atoms with Crippen LogP contribution in [0.2, 0.25) is 0 Å². The Bertz CT molecular complexity index is 1270. The number of esters is 1. The van der Waals surface area contributed by atoms with Crippen molar-refractivity contribution in [3.8, 4) is 17.2 Å². The minimum absolute atomic E-state index is 0.229. The molecule has 0 bridgehead atoms. The molecule has 1 aliphatic heterocycles. The molecule has 0 unspecified atom stereocenters. The Hall–Kier alpha value is -3.39. The summed E-state index contributed by atoms with van der Waals surface area (Å²) in [5, 5.41) is 10.5. The van der Waals surface area contributed by atoms with Gasteiger partial charge in [-0.2, -0.15) is 5.10 Å². The summed E-state index contributed by atoms with van der Waals surface area (Å²) in [6, 6.07) is 10.2. The molecule has 0 radical (unpaired) electrons. The zero-order chi connectivity index (χ0) is 27.7. The number of allylic oxidation sites excluding steroid dienone is 1. The molecule has 0 saturated heterocycles. The van der Waals surface area contributed by atoms with Gasteiger partial charge in [0, 0.05) is 20.4 Å². The van der Waals surface area contributed by atoms with Crippen molar-refractivity contribution in [2.75, 3.05) is 26.9 Å². The van der Waals surface area contributed by atoms with Crippen molar-refractivity contribution in [1.29, 1.82) is 0 Å². The van der Waals surface area contributed by atoms with Gasteiger partial charge in [-0.15, -0.1) is 0 Å². The number of ether oxygens (including phenoxy) is 4. The Balaban J connectivity index is 1.73. The van der Waals surface area contributed by atoms with Crippen LogP contribution in [0.3, 0.4) is 0 Å². The van der Waals surface area contributed by atoms with Crippen molar-refractivity contribution in [3.05, 3.63) is 62.4 Å². The first-order valence-corrected chi connectivity index (χ1v) is 13.3. The number of nitrogens with one attached hydrogen (secondary N) is 3. The number of carbonyl (C=O) groups is 2. The van der Waals surface area contributed by atoms with Crippen molar-refractivity contribution in [2.24, 2.45) is 5.10 Å². The summed E-state index contributed by atoms with van der Waals surface area (Å²) >= 11 is 7.47. The van der Waals surface area contributed by atoms with Crippen molar-refractivity contribution < 1.29 is 28.5 Å². The normalized spacial score (nSPS) is 15.0. The first-order chi connectivity index (χ1) is 18.3. The van der Waals surface area contributed by atoms with E-state index in [1.807, 2.05) is 25.1 Å². The van der Waals surface area contributed by atoms with Gasteiger partial charge in [0.2, 0.25) is 0 Å². The third-order valence-corrected chi connectivity index (χ3v) is 6.15. The van der Waals surface area contributed by atoms with Gasteiger partial charge in [0.1, 0.15) is 5.75 Å². The van der Waals surface area contributed by atoms with Crippen molar-refractivity contribution in [2.45, 2.75) is 26.8 Å². The minimum Gasteiger partial charge on any atom is -0.493 e. The van der Waals surface area contributed by atoms with Crippen LogP contribution in [0.25, 0.3) is 0 Å². The van der Waals surface area contributed by atoms with E-state index in [9.17, 15) is 9.59 Å². The highest BCUT2D eigenvalue weighted by Crippen LogP contribution is 2.34. The summed E-state index contributed by atoms with van der Waals surface area (Å²) < 4.78 is 23.1. The van der Waals surface area contributed by atoms with Crippen LogP contribution in [-0.2, 0) is 14.3 Å². The molecule has 1 atom stereocenters. The van der Waals surface area contributed by atoms with Gasteiger partial charge in [0.05, 0.1) is 38.2 Å². The molecule has 2 aromatic carbocycles. The SMILES string of the molecule is CCOC(=O)C1=C(C)NC(=S)N[C@H]1c1ccccc1OCC(=O)NN=Cc1cc(I)cc(OC)c1OCC. The number of hydrazone groups is 1. The van der Waals surface area contributed by atoms with Crippen molar-refractivity contribution in [3.63, 3.8) is 0 Å². The van der Waals surface area contributed by atoms with Gasteiger partial charge < -0.3 is 29.6 Å². The fraction of sp³-hybridized carbons (Fsp3) is 0.308. The number of hydrogen-bond donors (Lipinski definition) is 3. The lowest BCUT2D eigenvalue weighted by Crippen LogP contribution is -2.45. The van der Waals surface area contributed by atoms with Gasteiger partial charge in [-0.25, -0.2) is 10.2 Å². The second kappa shape index (κ2) is 14.0. The molecule has 0 aromatic heterocycles. The molecule has 202 valence electrons. The quantitative estimate of drug-likeness (QED) is 0.110. The molecule has 1 aliphatic rings. The average Bonchev–Trinajstić information content (AvgIpc) is 2.88. The summed E-state index contributed by atoms with van der Waals surface area (Å²) in [7, 11) is 1.56. The number of hydrogen-bond acceptors (Lipinski definition) is 8. The van der Waals surface area contributed by atoms with E-state index >= 15 is 0 Å². The van der Waals surface area contributed by atoms with Gasteiger partial charge in [-0.1, -0.05) is 18.2 Å². The van der Waals surface area contributed by atoms with Crippen molar-refractivity contribution in [1.82, 2.24) is 16.1 Å². The predicted octanol–water partition coefficient (Wildman–Crippen LogP) is 3.58. The van der Waals surface area contributed by atoms with Gasteiger partial charge in [-0.05, 0) is 73.8 Å². The third-order valence-electron chi connectivity index (χ3n) is 5.30. The molecule has 0 spiro atoms. The van der Waals surface area contributed by atoms with Crippen LogP contribution in [0.4, 0.5) is 0 Å². The highest BCUT2D eigenvalue weighted by atomic mass is 127. The minimum atomic E-state index is -0.618. The molecule has 10 nitrogen and oxygen atoms in total. The van der Waals surface area contributed by atoms with Gasteiger partial charge in [0.15, 0.2) is 23.2 Å². The molecule has 38 heavy (non-hydrogen) atoms.